The molecule has 0 aliphatic carbocycles. The standard InChI is InChI=1S/C11H12N4O3/c1-2-12-7-10-13-11(18-14-10)8-3-5-9(6-4-8)15(16)17/h3-6,12H,2,7H2,1H3. The number of hydrogen-bond donors (Lipinski definition) is 1. The molecule has 2 aromatic rings. The lowest BCUT2D eigenvalue weighted by Crippen LogP contribution is -2.12. The van der Waals surface area contributed by atoms with E-state index in [0.717, 1.165) is 6.54 Å². The van der Waals surface area contributed by atoms with Crippen molar-refractivity contribution in [3.05, 3.63) is 40.2 Å². The van der Waals surface area contributed by atoms with Crippen LogP contribution >= 0.6 is 0 Å². The third-order valence-electron chi connectivity index (χ3n) is 2.33. The van der Waals surface area contributed by atoms with Gasteiger partial charge in [-0.25, -0.2) is 0 Å². The lowest BCUT2D eigenvalue weighted by atomic mass is 10.2. The van der Waals surface area contributed by atoms with Crippen LogP contribution in [0.5, 0.6) is 0 Å². The van der Waals surface area contributed by atoms with Gasteiger partial charge in [0.1, 0.15) is 0 Å². The van der Waals surface area contributed by atoms with Gasteiger partial charge in [-0.15, -0.1) is 0 Å². The Balaban J connectivity index is 2.15. The molecule has 7 nitrogen and oxygen atoms in total. The molecule has 0 atom stereocenters. The fourth-order valence-electron chi connectivity index (χ4n) is 1.41. The van der Waals surface area contributed by atoms with Crippen molar-refractivity contribution < 1.29 is 9.45 Å². The molecule has 1 heterocycles. The molecule has 1 aromatic carbocycles. The van der Waals surface area contributed by atoms with E-state index in [1.54, 1.807) is 12.1 Å². The van der Waals surface area contributed by atoms with Crippen LogP contribution in [-0.4, -0.2) is 21.6 Å². The average Bonchev–Trinajstić information content (AvgIpc) is 2.85. The van der Waals surface area contributed by atoms with Crippen LogP contribution in [0.3, 0.4) is 0 Å². The summed E-state index contributed by atoms with van der Waals surface area (Å²) in [5.41, 5.74) is 0.696. The maximum atomic E-state index is 10.5. The second-order valence-corrected chi connectivity index (χ2v) is 3.60. The number of nitrogens with zero attached hydrogens (tertiary/aromatic N) is 3. The summed E-state index contributed by atoms with van der Waals surface area (Å²) < 4.78 is 5.08. The number of benzene rings is 1. The zero-order chi connectivity index (χ0) is 13.0. The van der Waals surface area contributed by atoms with Gasteiger partial charge in [-0.1, -0.05) is 12.1 Å². The molecule has 7 heteroatoms. The fraction of sp³-hybridized carbons (Fsp3) is 0.273. The van der Waals surface area contributed by atoms with Gasteiger partial charge in [-0.05, 0) is 18.7 Å². The van der Waals surface area contributed by atoms with Crippen LogP contribution in [0.4, 0.5) is 5.69 Å². The van der Waals surface area contributed by atoms with E-state index in [-0.39, 0.29) is 5.69 Å². The van der Waals surface area contributed by atoms with Crippen molar-refractivity contribution in [1.82, 2.24) is 15.5 Å². The second-order valence-electron chi connectivity index (χ2n) is 3.60. The molecule has 94 valence electrons. The average molecular weight is 248 g/mol. The van der Waals surface area contributed by atoms with Crippen molar-refractivity contribution in [2.24, 2.45) is 0 Å². The highest BCUT2D eigenvalue weighted by molar-refractivity contribution is 5.55. The van der Waals surface area contributed by atoms with E-state index in [9.17, 15) is 10.1 Å². The molecular weight excluding hydrogens is 236 g/mol. The summed E-state index contributed by atoms with van der Waals surface area (Å²) in [7, 11) is 0. The van der Waals surface area contributed by atoms with Gasteiger partial charge in [0.15, 0.2) is 5.82 Å². The summed E-state index contributed by atoms with van der Waals surface area (Å²) in [5, 5.41) is 17.4. The number of aromatic nitrogens is 2. The summed E-state index contributed by atoms with van der Waals surface area (Å²) in [6.45, 7) is 3.34. The van der Waals surface area contributed by atoms with E-state index >= 15 is 0 Å². The van der Waals surface area contributed by atoms with Crippen LogP contribution in [0.25, 0.3) is 11.5 Å². The van der Waals surface area contributed by atoms with Crippen molar-refractivity contribution in [1.29, 1.82) is 0 Å². The summed E-state index contributed by atoms with van der Waals surface area (Å²) in [5.74, 6) is 0.919. The van der Waals surface area contributed by atoms with Gasteiger partial charge < -0.3 is 9.84 Å². The highest BCUT2D eigenvalue weighted by Crippen LogP contribution is 2.20. The third-order valence-corrected chi connectivity index (χ3v) is 2.33. The molecule has 0 unspecified atom stereocenters. The molecule has 0 fully saturated rings. The van der Waals surface area contributed by atoms with Crippen LogP contribution < -0.4 is 5.32 Å². The predicted molar refractivity (Wildman–Crippen MR) is 63.8 cm³/mol. The summed E-state index contributed by atoms with van der Waals surface area (Å²) in [4.78, 5) is 14.2. The minimum Gasteiger partial charge on any atom is -0.334 e. The smallest absolute Gasteiger partial charge is 0.269 e. The maximum absolute atomic E-state index is 10.5. The van der Waals surface area contributed by atoms with Crippen molar-refractivity contribution in [2.45, 2.75) is 13.5 Å². The van der Waals surface area contributed by atoms with E-state index < -0.39 is 4.92 Å². The number of hydrogen-bond acceptors (Lipinski definition) is 6. The first-order valence-corrected chi connectivity index (χ1v) is 5.49. The Hall–Kier alpha value is -2.28. The van der Waals surface area contributed by atoms with Crippen molar-refractivity contribution in [3.63, 3.8) is 0 Å². The largest absolute Gasteiger partial charge is 0.334 e. The molecule has 2 rings (SSSR count). The van der Waals surface area contributed by atoms with Crippen molar-refractivity contribution in [2.75, 3.05) is 6.54 Å². The molecule has 0 saturated heterocycles. The summed E-state index contributed by atoms with van der Waals surface area (Å²) >= 11 is 0. The number of nitro benzene ring substituents is 1. The van der Waals surface area contributed by atoms with Crippen LogP contribution in [0.15, 0.2) is 28.8 Å². The zero-order valence-corrected chi connectivity index (χ0v) is 9.79. The number of nitrogens with one attached hydrogen (secondary N) is 1. The van der Waals surface area contributed by atoms with Gasteiger partial charge in [0.05, 0.1) is 11.5 Å². The minimum atomic E-state index is -0.450. The van der Waals surface area contributed by atoms with E-state index in [1.807, 2.05) is 6.92 Å². The normalized spacial score (nSPS) is 10.5. The number of nitro groups is 1. The Morgan fingerprint density at radius 1 is 1.39 bits per heavy atom. The molecule has 1 aromatic heterocycles. The van der Waals surface area contributed by atoms with E-state index in [4.69, 9.17) is 4.52 Å². The SMILES string of the molecule is CCNCc1noc(-c2ccc([N+](=O)[O-])cc2)n1. The highest BCUT2D eigenvalue weighted by Gasteiger charge is 2.10. The molecule has 1 N–H and O–H groups in total. The van der Waals surface area contributed by atoms with E-state index in [0.29, 0.717) is 23.8 Å². The second kappa shape index (κ2) is 5.37. The Morgan fingerprint density at radius 2 is 2.11 bits per heavy atom. The molecule has 0 bridgehead atoms. The van der Waals surface area contributed by atoms with Gasteiger partial charge in [0.2, 0.25) is 0 Å². The van der Waals surface area contributed by atoms with Gasteiger partial charge in [-0.3, -0.25) is 10.1 Å². The van der Waals surface area contributed by atoms with Gasteiger partial charge in [-0.2, -0.15) is 4.98 Å². The fourth-order valence-corrected chi connectivity index (χ4v) is 1.41. The first-order valence-electron chi connectivity index (χ1n) is 5.49. The molecule has 0 radical (unpaired) electrons. The quantitative estimate of drug-likeness (QED) is 0.640. The number of rotatable bonds is 5. The minimum absolute atomic E-state index is 0.0335. The van der Waals surface area contributed by atoms with Crippen molar-refractivity contribution in [3.8, 4) is 11.5 Å². The predicted octanol–water partition coefficient (Wildman–Crippen LogP) is 1.75. The molecule has 0 aliphatic heterocycles. The lowest BCUT2D eigenvalue weighted by molar-refractivity contribution is -0.384. The van der Waals surface area contributed by atoms with Crippen LogP contribution in [0.1, 0.15) is 12.7 Å². The Labute approximate surface area is 103 Å². The topological polar surface area (TPSA) is 94.1 Å². The maximum Gasteiger partial charge on any atom is 0.269 e. The highest BCUT2D eigenvalue weighted by atomic mass is 16.6. The van der Waals surface area contributed by atoms with E-state index in [2.05, 4.69) is 15.5 Å². The third kappa shape index (κ3) is 2.69. The molecule has 0 aliphatic rings. The molecule has 0 saturated carbocycles. The zero-order valence-electron chi connectivity index (χ0n) is 9.79. The van der Waals surface area contributed by atoms with Crippen LogP contribution in [0.2, 0.25) is 0 Å². The molecule has 0 amide bonds. The number of non-ortho nitro benzene ring substituents is 1. The Kier molecular flexibility index (Phi) is 3.63. The van der Waals surface area contributed by atoms with E-state index in [1.165, 1.54) is 12.1 Å². The molecule has 0 spiro atoms. The lowest BCUT2D eigenvalue weighted by Gasteiger charge is -1.94. The first-order chi connectivity index (χ1) is 8.70. The van der Waals surface area contributed by atoms with Crippen LogP contribution in [0, 0.1) is 10.1 Å². The van der Waals surface area contributed by atoms with Gasteiger partial charge in [0, 0.05) is 17.7 Å². The Morgan fingerprint density at radius 3 is 2.72 bits per heavy atom. The van der Waals surface area contributed by atoms with Gasteiger partial charge >= 0.3 is 0 Å². The summed E-state index contributed by atoms with van der Waals surface area (Å²) in [6.07, 6.45) is 0. The monoisotopic (exact) mass is 248 g/mol. The van der Waals surface area contributed by atoms with Crippen LogP contribution in [-0.2, 0) is 6.54 Å². The molecular formula is C11H12N4O3. The van der Waals surface area contributed by atoms with Gasteiger partial charge in [0.25, 0.3) is 11.6 Å². The summed E-state index contributed by atoms with van der Waals surface area (Å²) in [6, 6.07) is 5.98. The first kappa shape index (κ1) is 12.2. The molecule has 18 heavy (non-hydrogen) atoms. The Bertz CT molecular complexity index is 535. The van der Waals surface area contributed by atoms with Crippen molar-refractivity contribution >= 4 is 5.69 Å².